The Morgan fingerprint density at radius 2 is 1.83 bits per heavy atom. The van der Waals surface area contributed by atoms with Gasteiger partial charge in [-0.3, -0.25) is 0 Å². The van der Waals surface area contributed by atoms with Crippen molar-refractivity contribution in [3.63, 3.8) is 0 Å². The van der Waals surface area contributed by atoms with E-state index in [9.17, 15) is 4.79 Å². The summed E-state index contributed by atoms with van der Waals surface area (Å²) in [5.41, 5.74) is 5.01. The van der Waals surface area contributed by atoms with Gasteiger partial charge in [0.1, 0.15) is 11.3 Å². The number of nitrogens with zero attached hydrogens (tertiary/aromatic N) is 2. The monoisotopic (exact) mass is 498 g/mol. The summed E-state index contributed by atoms with van der Waals surface area (Å²) in [5, 5.41) is 0. The standard InChI is InChI=1S/C23H26N2O4.C5H12O2/c1-6-28-22(26)17-13-19-20(24-15(3)25(19)4)21-16(17)11-12-23(27-5,29-21)18-10-8-7-9-14(18)2;1-5(2,6-3)7-4/h7-10,13H,6,11-12H2,1-5H3;1-4H3. The molecule has 1 aliphatic rings. The lowest BCUT2D eigenvalue weighted by Gasteiger charge is -2.39. The van der Waals surface area contributed by atoms with Crippen LogP contribution in [0.4, 0.5) is 0 Å². The van der Waals surface area contributed by atoms with E-state index in [2.05, 4.69) is 0 Å². The van der Waals surface area contributed by atoms with Crippen LogP contribution in [0.1, 0.15) is 60.1 Å². The minimum Gasteiger partial charge on any atom is -0.462 e. The Hall–Kier alpha value is -2.94. The van der Waals surface area contributed by atoms with Gasteiger partial charge in [0.25, 0.3) is 0 Å². The van der Waals surface area contributed by atoms with Crippen LogP contribution in [0.5, 0.6) is 5.75 Å². The second-order valence-electron chi connectivity index (χ2n) is 9.22. The summed E-state index contributed by atoms with van der Waals surface area (Å²) >= 11 is 0. The highest BCUT2D eigenvalue weighted by Crippen LogP contribution is 2.45. The molecule has 1 atom stereocenters. The fourth-order valence-electron chi connectivity index (χ4n) is 4.23. The second-order valence-corrected chi connectivity index (χ2v) is 9.22. The lowest BCUT2D eigenvalue weighted by molar-refractivity contribution is -0.183. The van der Waals surface area contributed by atoms with Gasteiger partial charge in [-0.25, -0.2) is 9.78 Å². The number of fused-ring (bicyclic) bond motifs is 3. The Kier molecular flexibility index (Phi) is 8.44. The van der Waals surface area contributed by atoms with Crippen LogP contribution in [0.15, 0.2) is 30.3 Å². The van der Waals surface area contributed by atoms with Crippen molar-refractivity contribution in [2.24, 2.45) is 7.05 Å². The number of aromatic nitrogens is 2. The molecule has 0 radical (unpaired) electrons. The first-order valence-electron chi connectivity index (χ1n) is 12.1. The molecule has 2 heterocycles. The van der Waals surface area contributed by atoms with Crippen LogP contribution < -0.4 is 4.74 Å². The van der Waals surface area contributed by atoms with Crippen molar-refractivity contribution in [2.45, 2.75) is 59.0 Å². The zero-order chi connectivity index (χ0) is 26.7. The van der Waals surface area contributed by atoms with Gasteiger partial charge in [0, 0.05) is 45.9 Å². The van der Waals surface area contributed by atoms with Crippen LogP contribution in [-0.4, -0.2) is 49.2 Å². The summed E-state index contributed by atoms with van der Waals surface area (Å²) < 4.78 is 29.5. The molecule has 3 aromatic rings. The van der Waals surface area contributed by atoms with E-state index in [-0.39, 0.29) is 5.97 Å². The number of carbonyl (C=O) groups excluding carboxylic acids is 1. The Balaban J connectivity index is 0.000000454. The Labute approximate surface area is 213 Å². The molecular formula is C28H38N2O6. The molecule has 0 amide bonds. The lowest BCUT2D eigenvalue weighted by atomic mass is 9.89. The number of carbonyl (C=O) groups is 1. The highest BCUT2D eigenvalue weighted by atomic mass is 16.7. The Bertz CT molecular complexity index is 1230. The molecule has 1 unspecified atom stereocenters. The van der Waals surface area contributed by atoms with E-state index in [1.165, 1.54) is 0 Å². The quantitative estimate of drug-likeness (QED) is 0.341. The van der Waals surface area contributed by atoms with Crippen molar-refractivity contribution in [2.75, 3.05) is 27.9 Å². The predicted molar refractivity (Wildman–Crippen MR) is 138 cm³/mol. The molecule has 0 fully saturated rings. The fourth-order valence-corrected chi connectivity index (χ4v) is 4.23. The van der Waals surface area contributed by atoms with Crippen molar-refractivity contribution < 1.29 is 28.5 Å². The van der Waals surface area contributed by atoms with E-state index in [4.69, 9.17) is 28.7 Å². The van der Waals surface area contributed by atoms with Crippen LogP contribution in [0.25, 0.3) is 11.0 Å². The minimum absolute atomic E-state index is 0.322. The van der Waals surface area contributed by atoms with E-state index < -0.39 is 11.6 Å². The van der Waals surface area contributed by atoms with Gasteiger partial charge in [-0.05, 0) is 52.7 Å². The number of rotatable bonds is 6. The molecule has 8 heteroatoms. The summed E-state index contributed by atoms with van der Waals surface area (Å²) in [6.45, 7) is 9.82. The number of hydrogen-bond donors (Lipinski definition) is 0. The molecule has 8 nitrogen and oxygen atoms in total. The minimum atomic E-state index is -0.927. The molecule has 0 N–H and O–H groups in total. The molecule has 1 aliphatic heterocycles. The third kappa shape index (κ3) is 5.26. The van der Waals surface area contributed by atoms with Crippen LogP contribution >= 0.6 is 0 Å². The number of imidazole rings is 1. The normalized spacial score (nSPS) is 17.1. The van der Waals surface area contributed by atoms with Crippen molar-refractivity contribution in [3.8, 4) is 5.75 Å². The molecule has 4 rings (SSSR count). The number of benzene rings is 2. The van der Waals surface area contributed by atoms with Gasteiger partial charge in [-0.1, -0.05) is 24.3 Å². The second kappa shape index (κ2) is 11.0. The zero-order valence-corrected chi connectivity index (χ0v) is 22.9. The number of ether oxygens (including phenoxy) is 5. The summed E-state index contributed by atoms with van der Waals surface area (Å²) in [6, 6.07) is 9.92. The smallest absolute Gasteiger partial charge is 0.338 e. The van der Waals surface area contributed by atoms with E-state index in [0.29, 0.717) is 30.8 Å². The number of esters is 1. The highest BCUT2D eigenvalue weighted by Gasteiger charge is 2.42. The highest BCUT2D eigenvalue weighted by molar-refractivity contribution is 5.99. The first-order chi connectivity index (χ1) is 17.0. The number of aryl methyl sites for hydroxylation is 3. The van der Waals surface area contributed by atoms with Crippen LogP contribution in [0.3, 0.4) is 0 Å². The molecule has 1 aromatic heterocycles. The van der Waals surface area contributed by atoms with Crippen LogP contribution in [-0.2, 0) is 38.2 Å². The van der Waals surface area contributed by atoms with Gasteiger partial charge in [0.05, 0.1) is 17.7 Å². The van der Waals surface area contributed by atoms with Crippen molar-refractivity contribution >= 4 is 17.0 Å². The predicted octanol–water partition coefficient (Wildman–Crippen LogP) is 5.21. The maximum Gasteiger partial charge on any atom is 0.338 e. The molecule has 0 aliphatic carbocycles. The maximum absolute atomic E-state index is 12.7. The zero-order valence-electron chi connectivity index (χ0n) is 22.9. The van der Waals surface area contributed by atoms with Gasteiger partial charge in [-0.15, -0.1) is 0 Å². The third-order valence-electron chi connectivity index (χ3n) is 6.79. The lowest BCUT2D eigenvalue weighted by Crippen LogP contribution is -2.40. The molecule has 0 saturated heterocycles. The Morgan fingerprint density at radius 1 is 1.17 bits per heavy atom. The summed E-state index contributed by atoms with van der Waals surface area (Å²) in [4.78, 5) is 17.4. The van der Waals surface area contributed by atoms with Crippen molar-refractivity contribution in [1.82, 2.24) is 9.55 Å². The molecule has 0 spiro atoms. The average Bonchev–Trinajstić information content (AvgIpc) is 3.17. The number of methoxy groups -OCH3 is 3. The summed E-state index contributed by atoms with van der Waals surface area (Å²) in [6.07, 6.45) is 1.21. The summed E-state index contributed by atoms with van der Waals surface area (Å²) in [5.74, 6) is -0.236. The molecule has 0 bridgehead atoms. The van der Waals surface area contributed by atoms with E-state index in [0.717, 1.165) is 33.5 Å². The van der Waals surface area contributed by atoms with Gasteiger partial charge in [0.2, 0.25) is 5.79 Å². The molecule has 2 aromatic carbocycles. The first-order valence-corrected chi connectivity index (χ1v) is 12.1. The molecule has 0 saturated carbocycles. The maximum atomic E-state index is 12.7. The van der Waals surface area contributed by atoms with E-state index in [1.54, 1.807) is 21.3 Å². The van der Waals surface area contributed by atoms with Gasteiger partial charge in [0.15, 0.2) is 11.5 Å². The van der Waals surface area contributed by atoms with E-state index in [1.807, 2.05) is 76.6 Å². The van der Waals surface area contributed by atoms with Crippen LogP contribution in [0, 0.1) is 13.8 Å². The molecule has 36 heavy (non-hydrogen) atoms. The fraction of sp³-hybridized carbons (Fsp3) is 0.500. The van der Waals surface area contributed by atoms with Crippen molar-refractivity contribution in [3.05, 3.63) is 58.4 Å². The number of hydrogen-bond acceptors (Lipinski definition) is 7. The van der Waals surface area contributed by atoms with Crippen LogP contribution in [0.2, 0.25) is 0 Å². The largest absolute Gasteiger partial charge is 0.462 e. The summed E-state index contributed by atoms with van der Waals surface area (Å²) in [7, 11) is 6.82. The third-order valence-corrected chi connectivity index (χ3v) is 6.79. The van der Waals surface area contributed by atoms with E-state index >= 15 is 0 Å². The van der Waals surface area contributed by atoms with Gasteiger partial charge < -0.3 is 28.3 Å². The SMILES string of the molecule is CCOC(=O)c1cc2c(nc(C)n2C)c2c1CCC(OC)(c1ccccc1C)O2.COC(C)(C)OC. The topological polar surface area (TPSA) is 81.0 Å². The molecular weight excluding hydrogens is 460 g/mol. The Morgan fingerprint density at radius 3 is 2.39 bits per heavy atom. The van der Waals surface area contributed by atoms with Crippen molar-refractivity contribution in [1.29, 1.82) is 0 Å². The van der Waals surface area contributed by atoms with Gasteiger partial charge in [-0.2, -0.15) is 0 Å². The molecule has 196 valence electrons. The first kappa shape index (κ1) is 27.6. The average molecular weight is 499 g/mol. The van der Waals surface area contributed by atoms with Gasteiger partial charge >= 0.3 is 5.97 Å².